The molecule has 62 heavy (non-hydrogen) atoms. The summed E-state index contributed by atoms with van der Waals surface area (Å²) >= 11 is 0. The highest BCUT2D eigenvalue weighted by Gasteiger charge is 2.23. The Morgan fingerprint density at radius 2 is 0.871 bits per heavy atom. The summed E-state index contributed by atoms with van der Waals surface area (Å²) in [6, 6.07) is 81.1. The number of para-hydroxylation sites is 2. The summed E-state index contributed by atoms with van der Waals surface area (Å²) in [7, 11) is 0. The molecule has 2 heteroatoms. The normalized spacial score (nSPS) is 12.2. The molecule has 0 saturated carbocycles. The summed E-state index contributed by atoms with van der Waals surface area (Å²) in [5.41, 5.74) is 17.4. The van der Waals surface area contributed by atoms with E-state index in [9.17, 15) is 0 Å². The minimum Gasteiger partial charge on any atom is -0.309 e. The van der Waals surface area contributed by atoms with Gasteiger partial charge in [-0.15, -0.1) is 0 Å². The van der Waals surface area contributed by atoms with Crippen molar-refractivity contribution in [2.24, 2.45) is 0 Å². The summed E-state index contributed by atoms with van der Waals surface area (Å²) in [6.07, 6.45) is 0. The molecule has 0 unspecified atom stereocenters. The van der Waals surface area contributed by atoms with Crippen LogP contribution in [0.15, 0.2) is 218 Å². The van der Waals surface area contributed by atoms with Crippen LogP contribution in [0.2, 0.25) is 0 Å². The first-order valence-corrected chi connectivity index (χ1v) is 21.5. The number of benzene rings is 11. The van der Waals surface area contributed by atoms with E-state index in [1.165, 1.54) is 126 Å². The highest BCUT2D eigenvalue weighted by atomic mass is 15.0. The van der Waals surface area contributed by atoms with E-state index >= 15 is 0 Å². The maximum Gasteiger partial charge on any atom is 0.0619 e. The van der Waals surface area contributed by atoms with Gasteiger partial charge < -0.3 is 9.13 Å². The van der Waals surface area contributed by atoms with Crippen molar-refractivity contribution in [3.05, 3.63) is 218 Å². The highest BCUT2D eigenvalue weighted by Crippen LogP contribution is 2.49. The van der Waals surface area contributed by atoms with Gasteiger partial charge in [0.25, 0.3) is 0 Å². The van der Waals surface area contributed by atoms with Crippen LogP contribution in [-0.4, -0.2) is 9.13 Å². The maximum atomic E-state index is 2.46. The molecule has 2 aromatic heterocycles. The third-order valence-electron chi connectivity index (χ3n) is 13.6. The highest BCUT2D eigenvalue weighted by molar-refractivity contribution is 6.20. The molecule has 0 N–H and O–H groups in total. The smallest absolute Gasteiger partial charge is 0.0619 e. The minimum atomic E-state index is 1.15. The van der Waals surface area contributed by atoms with E-state index in [1.54, 1.807) is 0 Å². The minimum absolute atomic E-state index is 1.15. The molecule has 0 aliphatic heterocycles. The van der Waals surface area contributed by atoms with Gasteiger partial charge in [0.15, 0.2) is 0 Å². The molecule has 0 atom stereocenters. The molecule has 2 heterocycles. The zero-order chi connectivity index (χ0) is 40.5. The molecule has 2 nitrogen and oxygen atoms in total. The zero-order valence-electron chi connectivity index (χ0n) is 33.7. The molecule has 0 fully saturated rings. The molecule has 0 spiro atoms. The molecule has 1 aliphatic rings. The number of hydrogen-bond acceptors (Lipinski definition) is 0. The third-order valence-corrected chi connectivity index (χ3v) is 13.6. The first kappa shape index (κ1) is 33.6. The van der Waals surface area contributed by atoms with Gasteiger partial charge in [0, 0.05) is 38.3 Å². The standard InChI is InChI=1S/C60H36N2/c1-2-12-43(13-3-1)62-57-32-26-39(35-55(57)54-29-24-38-11-4-5-14-46(38)60(54)62)40-25-28-50-49-17-8-9-20-56(49)61(58(50)36-40)44-27-23-37-21-22-41(33-42(37)34-44)45-30-31-53-48-16-7-6-15-47(48)52-19-10-18-51(45)59(52)53/h1-36H. The van der Waals surface area contributed by atoms with Crippen molar-refractivity contribution in [2.45, 2.75) is 0 Å². The first-order valence-electron chi connectivity index (χ1n) is 21.5. The monoisotopic (exact) mass is 784 g/mol. The lowest BCUT2D eigenvalue weighted by molar-refractivity contribution is 1.18. The van der Waals surface area contributed by atoms with Gasteiger partial charge in [0.05, 0.1) is 22.1 Å². The van der Waals surface area contributed by atoms with E-state index < -0.39 is 0 Å². The fourth-order valence-electron chi connectivity index (χ4n) is 10.8. The van der Waals surface area contributed by atoms with Crippen LogP contribution in [0.1, 0.15) is 0 Å². The van der Waals surface area contributed by atoms with Crippen molar-refractivity contribution < 1.29 is 0 Å². The molecule has 0 radical (unpaired) electrons. The number of nitrogens with zero attached hydrogens (tertiary/aromatic N) is 2. The summed E-state index contributed by atoms with van der Waals surface area (Å²) in [4.78, 5) is 0. The Morgan fingerprint density at radius 1 is 0.242 bits per heavy atom. The van der Waals surface area contributed by atoms with Crippen molar-refractivity contribution in [1.29, 1.82) is 0 Å². The average Bonchev–Trinajstić information content (AvgIpc) is 3.98. The second-order valence-electron chi connectivity index (χ2n) is 16.9. The Morgan fingerprint density at radius 3 is 1.77 bits per heavy atom. The van der Waals surface area contributed by atoms with E-state index in [4.69, 9.17) is 0 Å². The van der Waals surface area contributed by atoms with E-state index in [-0.39, 0.29) is 0 Å². The van der Waals surface area contributed by atoms with Crippen LogP contribution in [0.3, 0.4) is 0 Å². The summed E-state index contributed by atoms with van der Waals surface area (Å²) in [5.74, 6) is 0. The lowest BCUT2D eigenvalue weighted by Gasteiger charge is -2.13. The van der Waals surface area contributed by atoms with Crippen molar-refractivity contribution >= 4 is 75.9 Å². The molecule has 0 saturated heterocycles. The van der Waals surface area contributed by atoms with Crippen LogP contribution in [0.4, 0.5) is 0 Å². The van der Waals surface area contributed by atoms with Crippen LogP contribution >= 0.6 is 0 Å². The van der Waals surface area contributed by atoms with Gasteiger partial charge in [0.1, 0.15) is 0 Å². The summed E-state index contributed by atoms with van der Waals surface area (Å²) < 4.78 is 4.90. The summed E-state index contributed by atoms with van der Waals surface area (Å²) in [5, 5.41) is 12.6. The largest absolute Gasteiger partial charge is 0.309 e. The van der Waals surface area contributed by atoms with Crippen LogP contribution in [-0.2, 0) is 0 Å². The Bertz CT molecular complexity index is 4000. The predicted octanol–water partition coefficient (Wildman–Crippen LogP) is 16.3. The van der Waals surface area contributed by atoms with Crippen molar-refractivity contribution in [2.75, 3.05) is 0 Å². The van der Waals surface area contributed by atoms with Gasteiger partial charge in [-0.3, -0.25) is 0 Å². The van der Waals surface area contributed by atoms with Gasteiger partial charge in [-0.05, 0) is 126 Å². The van der Waals surface area contributed by atoms with E-state index in [0.29, 0.717) is 0 Å². The van der Waals surface area contributed by atoms with Crippen molar-refractivity contribution in [3.63, 3.8) is 0 Å². The SMILES string of the molecule is c1ccc(-n2c3ccc(-c4ccc5c6ccccc6n(-c6ccc7ccc(-c8ccc9c%10c(cccc8%10)-c8ccccc8-9)cc7c6)c5c4)cc3c3ccc4ccccc4c32)cc1. The van der Waals surface area contributed by atoms with Gasteiger partial charge >= 0.3 is 0 Å². The second-order valence-corrected chi connectivity index (χ2v) is 16.9. The number of rotatable bonds is 4. The second kappa shape index (κ2) is 12.7. The predicted molar refractivity (Wildman–Crippen MR) is 263 cm³/mol. The van der Waals surface area contributed by atoms with Gasteiger partial charge in [-0.25, -0.2) is 0 Å². The zero-order valence-corrected chi connectivity index (χ0v) is 33.7. The summed E-state index contributed by atoms with van der Waals surface area (Å²) in [6.45, 7) is 0. The molecule has 11 aromatic carbocycles. The fraction of sp³-hybridized carbons (Fsp3) is 0. The van der Waals surface area contributed by atoms with Crippen molar-refractivity contribution in [1.82, 2.24) is 9.13 Å². The van der Waals surface area contributed by atoms with Gasteiger partial charge in [-0.2, -0.15) is 0 Å². The van der Waals surface area contributed by atoms with Crippen molar-refractivity contribution in [3.8, 4) is 55.9 Å². The molecular formula is C60H36N2. The maximum absolute atomic E-state index is 2.46. The van der Waals surface area contributed by atoms with Gasteiger partial charge in [0.2, 0.25) is 0 Å². The molecule has 0 bridgehead atoms. The van der Waals surface area contributed by atoms with Gasteiger partial charge in [-0.1, -0.05) is 164 Å². The lowest BCUT2D eigenvalue weighted by atomic mass is 9.93. The van der Waals surface area contributed by atoms with Crippen LogP contribution in [0.25, 0.3) is 132 Å². The van der Waals surface area contributed by atoms with Crippen LogP contribution in [0.5, 0.6) is 0 Å². The van der Waals surface area contributed by atoms with Crippen LogP contribution < -0.4 is 0 Å². The van der Waals surface area contributed by atoms with Crippen LogP contribution in [0, 0.1) is 0 Å². The molecule has 1 aliphatic carbocycles. The Balaban J connectivity index is 0.935. The van der Waals surface area contributed by atoms with E-state index in [1.807, 2.05) is 0 Å². The molecule has 14 rings (SSSR count). The number of aromatic nitrogens is 2. The number of fused-ring (bicyclic) bond motifs is 12. The fourth-order valence-corrected chi connectivity index (χ4v) is 10.8. The Labute approximate surface area is 357 Å². The quantitative estimate of drug-likeness (QED) is 0.168. The topological polar surface area (TPSA) is 9.86 Å². The Kier molecular flexibility index (Phi) is 6.86. The van der Waals surface area contributed by atoms with E-state index in [2.05, 4.69) is 228 Å². The first-order chi connectivity index (χ1) is 30.7. The molecule has 13 aromatic rings. The molecule has 286 valence electrons. The number of hydrogen-bond donors (Lipinski definition) is 0. The lowest BCUT2D eigenvalue weighted by Crippen LogP contribution is -1.94. The average molecular weight is 785 g/mol. The molecule has 0 amide bonds. The van der Waals surface area contributed by atoms with E-state index in [0.717, 1.165) is 5.69 Å². The third kappa shape index (κ3) is 4.69. The molecular weight excluding hydrogens is 749 g/mol. The Hall–Kier alpha value is -8.20.